The lowest BCUT2D eigenvalue weighted by atomic mass is 9.77. The van der Waals surface area contributed by atoms with Crippen molar-refractivity contribution in [1.29, 1.82) is 0 Å². The third-order valence-corrected chi connectivity index (χ3v) is 22.3. The van der Waals surface area contributed by atoms with Gasteiger partial charge in [-0.25, -0.2) is 13.2 Å². The number of aryl methyl sites for hydroxylation is 3. The Morgan fingerprint density at radius 3 is 0.773 bits per heavy atom. The first-order chi connectivity index (χ1) is 47.5. The molecule has 9 aromatic carbocycles. The zero-order valence-corrected chi connectivity index (χ0v) is 59.9. The molecule has 3 aliphatic carbocycles. The summed E-state index contributed by atoms with van der Waals surface area (Å²) >= 11 is 0. The van der Waals surface area contributed by atoms with Crippen molar-refractivity contribution in [2.45, 2.75) is 239 Å². The maximum Gasteiger partial charge on any atom is 0.131 e. The van der Waals surface area contributed by atoms with Crippen LogP contribution in [0.5, 0.6) is 0 Å². The topological polar surface area (TPSA) is 0 Å². The number of rotatable bonds is 25. The minimum Gasteiger partial charge on any atom is -0.206 e. The highest BCUT2D eigenvalue weighted by Gasteiger charge is 2.25. The second kappa shape index (κ2) is 37.7. The van der Waals surface area contributed by atoms with E-state index in [9.17, 15) is 13.2 Å². The number of benzene rings is 9. The lowest BCUT2D eigenvalue weighted by molar-refractivity contribution is 0.303. The minimum atomic E-state index is -0.155. The van der Waals surface area contributed by atoms with Crippen LogP contribution in [0.1, 0.15) is 257 Å². The van der Waals surface area contributed by atoms with E-state index in [1.165, 1.54) is 181 Å². The molecule has 0 bridgehead atoms. The largest absolute Gasteiger partial charge is 0.206 e. The smallest absolute Gasteiger partial charge is 0.131 e. The van der Waals surface area contributed by atoms with Gasteiger partial charge in [-0.2, -0.15) is 0 Å². The van der Waals surface area contributed by atoms with E-state index in [2.05, 4.69) is 157 Å². The van der Waals surface area contributed by atoms with Crippen molar-refractivity contribution in [3.8, 4) is 66.8 Å². The van der Waals surface area contributed by atoms with E-state index < -0.39 is 0 Å². The van der Waals surface area contributed by atoms with Crippen LogP contribution in [-0.2, 0) is 19.3 Å². The Morgan fingerprint density at radius 1 is 0.258 bits per heavy atom. The molecule has 3 saturated carbocycles. The zero-order valence-electron chi connectivity index (χ0n) is 59.9. The second-order valence-electron chi connectivity index (χ2n) is 29.2. The summed E-state index contributed by atoms with van der Waals surface area (Å²) in [5.41, 5.74) is 19.2. The van der Waals surface area contributed by atoms with Gasteiger partial charge in [0.1, 0.15) is 17.5 Å². The first-order valence-corrected chi connectivity index (χ1v) is 38.5. The quantitative estimate of drug-likeness (QED) is 0.0500. The van der Waals surface area contributed by atoms with Gasteiger partial charge in [0, 0.05) is 21.0 Å². The number of halogens is 3. The summed E-state index contributed by atoms with van der Waals surface area (Å²) in [6.07, 6.45) is 36.7. The molecule has 3 aliphatic rings. The van der Waals surface area contributed by atoms with Crippen LogP contribution in [0.2, 0.25) is 0 Å². The van der Waals surface area contributed by atoms with Gasteiger partial charge in [-0.05, 0) is 233 Å². The van der Waals surface area contributed by atoms with Crippen molar-refractivity contribution in [3.05, 3.63) is 251 Å². The van der Waals surface area contributed by atoms with Gasteiger partial charge in [-0.1, -0.05) is 307 Å². The molecule has 0 radical (unpaired) electrons. The standard InChI is InChI=1S/C32H39F.2C31H37F.3H2/c1-3-5-6-8-25-9-13-26(14-10-25)27-17-19-28(20-18-27)30-21-22-31(32(33)23-30)29-15-11-24(7-4-2)12-16-29;1-3-5-6-7-24-10-12-25(13-11-24)26-16-18-27(19-17-26)29-20-21-30(31(32)22-29)28-14-8-23(4-2)9-15-28;1-3-5-7-24-8-12-25(13-9-24)26-16-18-27(19-17-26)29-20-21-30(31(32)22-29)28-14-10-23(6-4-2)11-15-28;;;/h11-12,15-23,25-26H,3-10,13-14H2,1-2H3;8-9,14-22,24-25H,3-7,10-13H2,1-2H3;10-11,14-22,24-25H,3-9,12-13H2,1-2H3;3*1H. The molecule has 0 aromatic heterocycles. The Hall–Kier alpha value is -7.23. The highest BCUT2D eigenvalue weighted by molar-refractivity contribution is 5.74. The normalized spacial score (nSPS) is 18.5. The van der Waals surface area contributed by atoms with Gasteiger partial charge >= 0.3 is 0 Å². The molecule has 0 spiro atoms. The van der Waals surface area contributed by atoms with Crippen LogP contribution in [0, 0.1) is 35.2 Å². The molecule has 0 amide bonds. The zero-order chi connectivity index (χ0) is 67.7. The first kappa shape index (κ1) is 72.5. The van der Waals surface area contributed by atoms with Crippen molar-refractivity contribution in [2.75, 3.05) is 0 Å². The van der Waals surface area contributed by atoms with E-state index in [4.69, 9.17) is 0 Å². The lowest BCUT2D eigenvalue weighted by Gasteiger charge is -2.29. The molecule has 0 heterocycles. The fourth-order valence-electron chi connectivity index (χ4n) is 16.0. The number of hydrogen-bond acceptors (Lipinski definition) is 0. The summed E-state index contributed by atoms with van der Waals surface area (Å²) < 4.78 is 44.9. The summed E-state index contributed by atoms with van der Waals surface area (Å²) in [6, 6.07) is 68.4. The summed E-state index contributed by atoms with van der Waals surface area (Å²) in [4.78, 5) is 0. The van der Waals surface area contributed by atoms with Gasteiger partial charge in [-0.3, -0.25) is 0 Å². The van der Waals surface area contributed by atoms with E-state index in [0.29, 0.717) is 34.4 Å². The molecule has 97 heavy (non-hydrogen) atoms. The van der Waals surface area contributed by atoms with Gasteiger partial charge in [0.2, 0.25) is 0 Å². The average Bonchev–Trinajstić information content (AvgIpc) is 0.838. The molecule has 0 unspecified atom stereocenters. The highest BCUT2D eigenvalue weighted by atomic mass is 19.1. The predicted octanol–water partition coefficient (Wildman–Crippen LogP) is 29.9. The van der Waals surface area contributed by atoms with Crippen molar-refractivity contribution in [1.82, 2.24) is 0 Å². The summed E-state index contributed by atoms with van der Waals surface area (Å²) in [5, 5.41) is 0. The van der Waals surface area contributed by atoms with Gasteiger partial charge < -0.3 is 0 Å². The fourth-order valence-corrected chi connectivity index (χ4v) is 16.0. The molecule has 9 aromatic rings. The molecule has 0 saturated heterocycles. The summed E-state index contributed by atoms with van der Waals surface area (Å²) in [7, 11) is 0. The predicted molar refractivity (Wildman–Crippen MR) is 417 cm³/mol. The monoisotopic (exact) mass is 1300 g/mol. The van der Waals surface area contributed by atoms with Crippen LogP contribution >= 0.6 is 0 Å². The Balaban J connectivity index is 0.000000208. The third kappa shape index (κ3) is 20.7. The molecule has 0 aliphatic heterocycles. The Bertz CT molecular complexity index is 3760. The average molecular weight is 1310 g/mol. The Kier molecular flexibility index (Phi) is 28.1. The van der Waals surface area contributed by atoms with Crippen molar-refractivity contribution >= 4 is 0 Å². The lowest BCUT2D eigenvalue weighted by Crippen LogP contribution is -2.13. The SMILES string of the molecule is CCCCC1CCC(c2ccc(-c3ccc(-c4ccc(CCC)cc4)c(F)c3)cc2)CC1.CCCCCC1CCC(c2ccc(-c3ccc(-c4ccc(CC)cc4)c(F)c3)cc2)CC1.CCCCCC1CCC(c2ccc(-c3ccc(-c4ccc(CCC)cc4)c(F)c3)cc2)CC1.[HH].[HH].[HH]. The van der Waals surface area contributed by atoms with Gasteiger partial charge in [0.25, 0.3) is 0 Å². The molecule has 12 rings (SSSR count). The van der Waals surface area contributed by atoms with E-state index in [1.54, 1.807) is 18.2 Å². The molecule has 516 valence electrons. The van der Waals surface area contributed by atoms with Crippen molar-refractivity contribution < 1.29 is 17.5 Å². The van der Waals surface area contributed by atoms with Crippen molar-refractivity contribution in [2.24, 2.45) is 17.8 Å². The molecule has 3 fully saturated rings. The van der Waals surface area contributed by atoms with E-state index in [1.807, 2.05) is 66.7 Å². The highest BCUT2D eigenvalue weighted by Crippen LogP contribution is 2.42. The van der Waals surface area contributed by atoms with Crippen LogP contribution in [0.4, 0.5) is 13.2 Å². The minimum absolute atomic E-state index is 0. The molecule has 3 heteroatoms. The molecular weight excluding hydrogens is 1190 g/mol. The molecule has 0 N–H and O–H groups in total. The maximum atomic E-state index is 15.0. The van der Waals surface area contributed by atoms with Crippen LogP contribution < -0.4 is 0 Å². The van der Waals surface area contributed by atoms with Crippen LogP contribution in [0.3, 0.4) is 0 Å². The summed E-state index contributed by atoms with van der Waals surface area (Å²) in [6.45, 7) is 13.4. The molecular formula is C94H119F3. The molecule has 0 atom stereocenters. The Labute approximate surface area is 588 Å². The first-order valence-electron chi connectivity index (χ1n) is 38.5. The molecule has 0 nitrogen and oxygen atoms in total. The van der Waals surface area contributed by atoms with Crippen LogP contribution in [0.15, 0.2) is 200 Å². The summed E-state index contributed by atoms with van der Waals surface area (Å²) in [5.74, 6) is 4.44. The van der Waals surface area contributed by atoms with E-state index >= 15 is 0 Å². The van der Waals surface area contributed by atoms with E-state index in [-0.39, 0.29) is 21.7 Å². The maximum absolute atomic E-state index is 15.0. The van der Waals surface area contributed by atoms with Gasteiger partial charge in [-0.15, -0.1) is 0 Å². The van der Waals surface area contributed by atoms with Gasteiger partial charge in [0.15, 0.2) is 0 Å². The Morgan fingerprint density at radius 2 is 0.515 bits per heavy atom. The van der Waals surface area contributed by atoms with Gasteiger partial charge in [0.05, 0.1) is 0 Å². The van der Waals surface area contributed by atoms with Crippen LogP contribution in [-0.4, -0.2) is 0 Å². The number of unbranched alkanes of at least 4 members (excludes halogenated alkanes) is 5. The van der Waals surface area contributed by atoms with Crippen LogP contribution in [0.25, 0.3) is 66.8 Å². The van der Waals surface area contributed by atoms with E-state index in [0.717, 1.165) is 99.9 Å². The van der Waals surface area contributed by atoms with Crippen molar-refractivity contribution in [3.63, 3.8) is 0 Å². The number of hydrogen-bond donors (Lipinski definition) is 0. The second-order valence-corrected chi connectivity index (χ2v) is 29.2. The third-order valence-electron chi connectivity index (χ3n) is 22.3. The fraction of sp³-hybridized carbons (Fsp3) is 0.426.